The van der Waals surface area contributed by atoms with Crippen molar-refractivity contribution >= 4 is 11.6 Å². The Balaban J connectivity index is 1.39. The van der Waals surface area contributed by atoms with Gasteiger partial charge in [-0.15, -0.1) is 10.2 Å². The van der Waals surface area contributed by atoms with Crippen LogP contribution in [0.25, 0.3) is 17.1 Å². The van der Waals surface area contributed by atoms with Crippen LogP contribution in [0, 0.1) is 13.8 Å². The van der Waals surface area contributed by atoms with Crippen molar-refractivity contribution in [3.63, 3.8) is 0 Å². The van der Waals surface area contributed by atoms with Crippen molar-refractivity contribution in [2.45, 2.75) is 39.2 Å². The molecule has 1 aliphatic carbocycles. The van der Waals surface area contributed by atoms with Gasteiger partial charge in [-0.1, -0.05) is 22.3 Å². The lowest BCUT2D eigenvalue weighted by Crippen LogP contribution is -2.24. The molecule has 1 amide bonds. The van der Waals surface area contributed by atoms with Crippen LogP contribution in [-0.2, 0) is 6.54 Å². The zero-order valence-electron chi connectivity index (χ0n) is 16.2. The smallest absolute Gasteiger partial charge is 0.261 e. The Bertz CT molecular complexity index is 1200. The number of aryl methyl sites for hydroxylation is 2. The third kappa shape index (κ3) is 3.37. The topological polar surface area (TPSA) is 98.2 Å². The van der Waals surface area contributed by atoms with Crippen molar-refractivity contribution in [2.75, 3.05) is 0 Å². The molecule has 4 aromatic rings. The Kier molecular flexibility index (Phi) is 4.12. The van der Waals surface area contributed by atoms with E-state index in [1.807, 2.05) is 54.8 Å². The largest absolute Gasteiger partial charge is 0.345 e. The van der Waals surface area contributed by atoms with E-state index in [1.165, 1.54) is 0 Å². The predicted octanol–water partition coefficient (Wildman–Crippen LogP) is 3.20. The Morgan fingerprint density at radius 3 is 2.76 bits per heavy atom. The summed E-state index contributed by atoms with van der Waals surface area (Å²) in [6, 6.07) is 9.54. The van der Waals surface area contributed by atoms with Crippen LogP contribution < -0.4 is 5.32 Å². The number of benzene rings is 1. The lowest BCUT2D eigenvalue weighted by Gasteiger charge is -2.07. The van der Waals surface area contributed by atoms with Crippen molar-refractivity contribution in [3.8, 4) is 11.5 Å². The number of fused-ring (bicyclic) bond motifs is 1. The number of carbonyl (C=O) groups is 1. The van der Waals surface area contributed by atoms with Crippen molar-refractivity contribution < 1.29 is 9.32 Å². The molecule has 3 aromatic heterocycles. The number of amides is 1. The third-order valence-corrected chi connectivity index (χ3v) is 5.01. The van der Waals surface area contributed by atoms with E-state index < -0.39 is 0 Å². The molecular formula is C21H20N6O2. The molecule has 8 heteroatoms. The molecule has 0 aliphatic heterocycles. The number of hydrogen-bond donors (Lipinski definition) is 1. The number of rotatable bonds is 5. The normalized spacial score (nSPS) is 13.7. The molecule has 8 nitrogen and oxygen atoms in total. The lowest BCUT2D eigenvalue weighted by molar-refractivity contribution is 0.0949. The highest BCUT2D eigenvalue weighted by Crippen LogP contribution is 2.39. The van der Waals surface area contributed by atoms with Crippen molar-refractivity contribution in [1.29, 1.82) is 0 Å². The van der Waals surface area contributed by atoms with Gasteiger partial charge in [-0.25, -0.2) is 0 Å². The van der Waals surface area contributed by atoms with E-state index >= 15 is 0 Å². The van der Waals surface area contributed by atoms with E-state index in [4.69, 9.17) is 4.52 Å². The quantitative estimate of drug-likeness (QED) is 0.564. The van der Waals surface area contributed by atoms with Crippen molar-refractivity contribution in [1.82, 2.24) is 30.1 Å². The molecule has 0 saturated heterocycles. The van der Waals surface area contributed by atoms with E-state index in [0.717, 1.165) is 35.4 Å². The van der Waals surface area contributed by atoms with Gasteiger partial charge in [0.25, 0.3) is 11.8 Å². The molecule has 0 spiro atoms. The Labute approximate surface area is 167 Å². The molecular weight excluding hydrogens is 368 g/mol. The zero-order chi connectivity index (χ0) is 20.0. The van der Waals surface area contributed by atoms with Gasteiger partial charge in [-0.3, -0.25) is 9.20 Å². The SMILES string of the molecule is Cc1cc(C)cc(C(=O)NCc2nnc3c(-c4nc(C5CC5)no4)cccn23)c1. The molecule has 5 rings (SSSR count). The third-order valence-electron chi connectivity index (χ3n) is 5.01. The molecule has 1 N–H and O–H groups in total. The van der Waals surface area contributed by atoms with E-state index in [-0.39, 0.29) is 12.5 Å². The minimum Gasteiger partial charge on any atom is -0.345 e. The van der Waals surface area contributed by atoms with E-state index in [1.54, 1.807) is 0 Å². The van der Waals surface area contributed by atoms with Gasteiger partial charge in [0.15, 0.2) is 17.3 Å². The summed E-state index contributed by atoms with van der Waals surface area (Å²) < 4.78 is 7.27. The number of hydrogen-bond acceptors (Lipinski definition) is 6. The Morgan fingerprint density at radius 2 is 2.00 bits per heavy atom. The highest BCUT2D eigenvalue weighted by Gasteiger charge is 2.29. The summed E-state index contributed by atoms with van der Waals surface area (Å²) in [5.74, 6) is 2.09. The number of nitrogens with one attached hydrogen (secondary N) is 1. The second kappa shape index (κ2) is 6.80. The van der Waals surface area contributed by atoms with Gasteiger partial charge < -0.3 is 9.84 Å². The van der Waals surface area contributed by atoms with Gasteiger partial charge >= 0.3 is 0 Å². The maximum absolute atomic E-state index is 12.5. The molecule has 0 unspecified atom stereocenters. The molecule has 1 fully saturated rings. The van der Waals surface area contributed by atoms with Crippen molar-refractivity contribution in [2.24, 2.45) is 0 Å². The number of pyridine rings is 1. The summed E-state index contributed by atoms with van der Waals surface area (Å²) in [5.41, 5.74) is 4.09. The number of nitrogens with zero attached hydrogens (tertiary/aromatic N) is 5. The average Bonchev–Trinajstić information content (AvgIpc) is 3.29. The summed E-state index contributed by atoms with van der Waals surface area (Å²) in [7, 11) is 0. The first-order valence-electron chi connectivity index (χ1n) is 9.61. The van der Waals surface area contributed by atoms with Crippen LogP contribution in [0.1, 0.15) is 51.9 Å². The standard InChI is InChI=1S/C21H20N6O2/c1-12-8-13(2)10-15(9-12)20(28)22-11-17-24-25-19-16(4-3-7-27(17)19)21-23-18(26-29-21)14-5-6-14/h3-4,7-10,14H,5-6,11H2,1-2H3,(H,22,28). The molecule has 0 bridgehead atoms. The van der Waals surface area contributed by atoms with Gasteiger partial charge in [0, 0.05) is 17.7 Å². The summed E-state index contributed by atoms with van der Waals surface area (Å²) in [4.78, 5) is 17.0. The van der Waals surface area contributed by atoms with Gasteiger partial charge in [-0.05, 0) is 51.0 Å². The summed E-state index contributed by atoms with van der Waals surface area (Å²) in [6.07, 6.45) is 4.08. The first kappa shape index (κ1) is 17.5. The molecule has 146 valence electrons. The van der Waals surface area contributed by atoms with E-state index in [9.17, 15) is 4.79 Å². The summed E-state index contributed by atoms with van der Waals surface area (Å²) in [5, 5.41) is 15.5. The number of aromatic nitrogens is 5. The Morgan fingerprint density at radius 1 is 1.21 bits per heavy atom. The Hall–Kier alpha value is -3.55. The maximum atomic E-state index is 12.5. The monoisotopic (exact) mass is 388 g/mol. The minimum atomic E-state index is -0.143. The molecule has 0 atom stereocenters. The van der Waals surface area contributed by atoms with Gasteiger partial charge in [-0.2, -0.15) is 4.98 Å². The van der Waals surface area contributed by atoms with E-state index in [2.05, 4.69) is 25.7 Å². The highest BCUT2D eigenvalue weighted by atomic mass is 16.5. The van der Waals surface area contributed by atoms with Crippen LogP contribution in [0.3, 0.4) is 0 Å². The van der Waals surface area contributed by atoms with Crippen LogP contribution in [0.4, 0.5) is 0 Å². The predicted molar refractivity (Wildman–Crippen MR) is 105 cm³/mol. The van der Waals surface area contributed by atoms with Crippen molar-refractivity contribution in [3.05, 3.63) is 64.9 Å². The second-order valence-electron chi connectivity index (χ2n) is 7.52. The van der Waals surface area contributed by atoms with E-state index in [0.29, 0.717) is 28.8 Å². The molecule has 1 aromatic carbocycles. The van der Waals surface area contributed by atoms with Gasteiger partial charge in [0.05, 0.1) is 12.1 Å². The summed E-state index contributed by atoms with van der Waals surface area (Å²) in [6.45, 7) is 4.21. The maximum Gasteiger partial charge on any atom is 0.261 e. The molecule has 1 aliphatic rings. The fourth-order valence-electron chi connectivity index (χ4n) is 3.47. The first-order chi connectivity index (χ1) is 14.1. The molecule has 3 heterocycles. The summed E-state index contributed by atoms with van der Waals surface area (Å²) >= 11 is 0. The minimum absolute atomic E-state index is 0.143. The van der Waals surface area contributed by atoms with Crippen LogP contribution in [0.15, 0.2) is 41.1 Å². The molecule has 1 saturated carbocycles. The molecule has 29 heavy (non-hydrogen) atoms. The fourth-order valence-corrected chi connectivity index (χ4v) is 3.47. The first-order valence-corrected chi connectivity index (χ1v) is 9.61. The van der Waals surface area contributed by atoms with Gasteiger partial charge in [0.2, 0.25) is 0 Å². The second-order valence-corrected chi connectivity index (χ2v) is 7.52. The van der Waals surface area contributed by atoms with Crippen LogP contribution in [-0.4, -0.2) is 30.6 Å². The van der Waals surface area contributed by atoms with Crippen LogP contribution in [0.2, 0.25) is 0 Å². The van der Waals surface area contributed by atoms with Crippen LogP contribution >= 0.6 is 0 Å². The average molecular weight is 388 g/mol. The highest BCUT2D eigenvalue weighted by molar-refractivity contribution is 5.94. The van der Waals surface area contributed by atoms with Gasteiger partial charge in [0.1, 0.15) is 0 Å². The lowest BCUT2D eigenvalue weighted by atomic mass is 10.1. The zero-order valence-corrected chi connectivity index (χ0v) is 16.2. The van der Waals surface area contributed by atoms with Crippen LogP contribution in [0.5, 0.6) is 0 Å². The molecule has 0 radical (unpaired) electrons. The number of carbonyl (C=O) groups excluding carboxylic acids is 1. The fraction of sp³-hybridized carbons (Fsp3) is 0.286.